The van der Waals surface area contributed by atoms with Crippen LogP contribution in [0.1, 0.15) is 5.56 Å². The number of alkyl halides is 3. The Bertz CT molecular complexity index is 907. The van der Waals surface area contributed by atoms with E-state index in [4.69, 9.17) is 4.74 Å². The quantitative estimate of drug-likeness (QED) is 0.445. The zero-order valence-corrected chi connectivity index (χ0v) is 14.4. The summed E-state index contributed by atoms with van der Waals surface area (Å²) in [5, 5.41) is 3.63. The second-order valence-electron chi connectivity index (χ2n) is 5.08. The van der Waals surface area contributed by atoms with Crippen LogP contribution < -0.4 is 4.74 Å². The van der Waals surface area contributed by atoms with E-state index in [0.29, 0.717) is 5.69 Å². The van der Waals surface area contributed by atoms with Crippen LogP contribution in [0.2, 0.25) is 0 Å². The largest absolute Gasteiger partial charge is 0.464 e. The van der Waals surface area contributed by atoms with Gasteiger partial charge in [0.1, 0.15) is 5.56 Å². The molecule has 0 amide bonds. The molecular weight excluding hydrogens is 408 g/mol. The molecule has 0 radical (unpaired) electrons. The highest BCUT2D eigenvalue weighted by Crippen LogP contribution is 2.41. The Morgan fingerprint density at radius 2 is 1.88 bits per heavy atom. The van der Waals surface area contributed by atoms with Crippen LogP contribution in [0.5, 0.6) is 5.75 Å². The van der Waals surface area contributed by atoms with E-state index in [0.717, 1.165) is 10.7 Å². The predicted molar refractivity (Wildman–Crippen MR) is 86.2 cm³/mol. The summed E-state index contributed by atoms with van der Waals surface area (Å²) >= 11 is 3.28. The molecular formula is C16H11BrF4N2O2. The number of fused-ring (bicyclic) bond motifs is 1. The number of hydrogen-bond donors (Lipinski definition) is 0. The molecule has 1 aromatic heterocycles. The van der Waals surface area contributed by atoms with Crippen molar-refractivity contribution in [2.45, 2.75) is 6.18 Å². The summed E-state index contributed by atoms with van der Waals surface area (Å²) in [6, 6.07) is 7.96. The molecule has 0 aliphatic rings. The fourth-order valence-electron chi connectivity index (χ4n) is 2.41. The van der Waals surface area contributed by atoms with E-state index in [1.807, 2.05) is 0 Å². The fraction of sp³-hybridized carbons (Fsp3) is 0.188. The third-order valence-electron chi connectivity index (χ3n) is 3.47. The van der Waals surface area contributed by atoms with Crippen molar-refractivity contribution < 1.29 is 27.0 Å². The lowest BCUT2D eigenvalue weighted by Gasteiger charge is -2.14. The predicted octanol–water partition coefficient (Wildman–Crippen LogP) is 4.93. The lowest BCUT2D eigenvalue weighted by molar-refractivity contribution is -0.138. The maximum absolute atomic E-state index is 14.3. The average molecular weight is 419 g/mol. The van der Waals surface area contributed by atoms with Crippen molar-refractivity contribution in [2.75, 3.05) is 13.9 Å². The standard InChI is InChI=1S/C16H11BrF4N2O2/c1-24-8-25-13-6-12-11(14(15(13)18)16(19,20)21)7-22-23(12)10-4-2-9(17)3-5-10/h2-7H,8H2,1H3. The number of aromatic nitrogens is 2. The van der Waals surface area contributed by atoms with E-state index in [-0.39, 0.29) is 17.7 Å². The summed E-state index contributed by atoms with van der Waals surface area (Å²) < 4.78 is 66.2. The Hall–Kier alpha value is -2.13. The minimum absolute atomic E-state index is 0.0714. The Kier molecular flexibility index (Phi) is 4.70. The van der Waals surface area contributed by atoms with Gasteiger partial charge < -0.3 is 9.47 Å². The minimum atomic E-state index is -4.90. The van der Waals surface area contributed by atoms with Gasteiger partial charge in [-0.2, -0.15) is 18.3 Å². The van der Waals surface area contributed by atoms with Gasteiger partial charge in [0.15, 0.2) is 18.4 Å². The van der Waals surface area contributed by atoms with Crippen molar-refractivity contribution in [2.24, 2.45) is 0 Å². The van der Waals surface area contributed by atoms with Crippen LogP contribution in [-0.4, -0.2) is 23.7 Å². The second kappa shape index (κ2) is 6.64. The van der Waals surface area contributed by atoms with Gasteiger partial charge in [-0.1, -0.05) is 15.9 Å². The molecule has 25 heavy (non-hydrogen) atoms. The molecule has 1 heterocycles. The topological polar surface area (TPSA) is 36.3 Å². The normalized spacial score (nSPS) is 11.9. The highest BCUT2D eigenvalue weighted by molar-refractivity contribution is 9.10. The van der Waals surface area contributed by atoms with Crippen molar-refractivity contribution in [1.82, 2.24) is 9.78 Å². The van der Waals surface area contributed by atoms with Crippen LogP contribution in [0.25, 0.3) is 16.6 Å². The molecule has 0 N–H and O–H groups in total. The zero-order chi connectivity index (χ0) is 18.2. The van der Waals surface area contributed by atoms with E-state index in [2.05, 4.69) is 25.8 Å². The lowest BCUT2D eigenvalue weighted by atomic mass is 10.1. The highest BCUT2D eigenvalue weighted by Gasteiger charge is 2.39. The molecule has 0 atom stereocenters. The molecule has 0 saturated heterocycles. The molecule has 3 rings (SSSR count). The number of halogens is 5. The SMILES string of the molecule is COCOc1cc2c(cnn2-c2ccc(Br)cc2)c(C(F)(F)F)c1F. The van der Waals surface area contributed by atoms with E-state index in [1.165, 1.54) is 17.9 Å². The summed E-state index contributed by atoms with van der Waals surface area (Å²) in [4.78, 5) is 0. The van der Waals surface area contributed by atoms with Gasteiger partial charge in [-0.05, 0) is 24.3 Å². The molecule has 0 aliphatic carbocycles. The van der Waals surface area contributed by atoms with Crippen LogP contribution in [0, 0.1) is 5.82 Å². The number of nitrogens with zero attached hydrogens (tertiary/aromatic N) is 2. The third kappa shape index (κ3) is 3.34. The van der Waals surface area contributed by atoms with Crippen LogP contribution in [-0.2, 0) is 10.9 Å². The van der Waals surface area contributed by atoms with Gasteiger partial charge in [0.25, 0.3) is 0 Å². The Labute approximate surface area is 148 Å². The monoisotopic (exact) mass is 418 g/mol. The van der Waals surface area contributed by atoms with Crippen molar-refractivity contribution in [3.63, 3.8) is 0 Å². The van der Waals surface area contributed by atoms with Gasteiger partial charge >= 0.3 is 6.18 Å². The molecule has 9 heteroatoms. The van der Waals surface area contributed by atoms with Gasteiger partial charge in [0.05, 0.1) is 17.4 Å². The Morgan fingerprint density at radius 3 is 2.48 bits per heavy atom. The van der Waals surface area contributed by atoms with Gasteiger partial charge in [0.2, 0.25) is 0 Å². The lowest BCUT2D eigenvalue weighted by Crippen LogP contribution is -2.11. The molecule has 0 unspecified atom stereocenters. The summed E-state index contributed by atoms with van der Waals surface area (Å²) in [6.07, 6.45) is -3.91. The Balaban J connectivity index is 2.27. The minimum Gasteiger partial charge on any atom is -0.464 e. The van der Waals surface area contributed by atoms with Crippen LogP contribution >= 0.6 is 15.9 Å². The number of rotatable bonds is 4. The first-order valence-corrected chi connectivity index (χ1v) is 7.77. The van der Waals surface area contributed by atoms with Crippen molar-refractivity contribution in [3.05, 3.63) is 52.4 Å². The smallest absolute Gasteiger partial charge is 0.420 e. The van der Waals surface area contributed by atoms with Crippen LogP contribution in [0.15, 0.2) is 41.0 Å². The van der Waals surface area contributed by atoms with E-state index in [9.17, 15) is 17.6 Å². The molecule has 0 bridgehead atoms. The first-order chi connectivity index (χ1) is 11.8. The van der Waals surface area contributed by atoms with E-state index < -0.39 is 23.3 Å². The highest BCUT2D eigenvalue weighted by atomic mass is 79.9. The van der Waals surface area contributed by atoms with E-state index in [1.54, 1.807) is 24.3 Å². The number of methoxy groups -OCH3 is 1. The third-order valence-corrected chi connectivity index (χ3v) is 4.00. The first kappa shape index (κ1) is 17.7. The summed E-state index contributed by atoms with van der Waals surface area (Å²) in [7, 11) is 1.28. The number of ether oxygens (including phenoxy) is 2. The molecule has 132 valence electrons. The van der Waals surface area contributed by atoms with Gasteiger partial charge in [0, 0.05) is 23.0 Å². The maximum Gasteiger partial charge on any atom is 0.420 e. The summed E-state index contributed by atoms with van der Waals surface area (Å²) in [6.45, 7) is -0.383. The first-order valence-electron chi connectivity index (χ1n) is 6.98. The average Bonchev–Trinajstić information content (AvgIpc) is 2.95. The van der Waals surface area contributed by atoms with Crippen LogP contribution in [0.4, 0.5) is 17.6 Å². The molecule has 4 nitrogen and oxygen atoms in total. The van der Waals surface area contributed by atoms with Gasteiger partial charge in [-0.25, -0.2) is 9.07 Å². The summed E-state index contributed by atoms with van der Waals surface area (Å²) in [5.41, 5.74) is -0.822. The molecule has 0 saturated carbocycles. The Morgan fingerprint density at radius 1 is 1.20 bits per heavy atom. The maximum atomic E-state index is 14.3. The van der Waals surface area contributed by atoms with Crippen molar-refractivity contribution >= 4 is 26.8 Å². The van der Waals surface area contributed by atoms with Gasteiger partial charge in [-0.15, -0.1) is 0 Å². The molecule has 0 aliphatic heterocycles. The number of benzene rings is 2. The van der Waals surface area contributed by atoms with Gasteiger partial charge in [-0.3, -0.25) is 0 Å². The molecule has 0 fully saturated rings. The molecule has 2 aromatic carbocycles. The summed E-state index contributed by atoms with van der Waals surface area (Å²) in [5.74, 6) is -2.05. The second-order valence-corrected chi connectivity index (χ2v) is 5.99. The molecule has 3 aromatic rings. The molecule has 0 spiro atoms. The zero-order valence-electron chi connectivity index (χ0n) is 12.8. The number of hydrogen-bond acceptors (Lipinski definition) is 3. The fourth-order valence-corrected chi connectivity index (χ4v) is 2.68. The van der Waals surface area contributed by atoms with Crippen LogP contribution in [0.3, 0.4) is 0 Å². The van der Waals surface area contributed by atoms with Crippen molar-refractivity contribution in [3.8, 4) is 11.4 Å². The van der Waals surface area contributed by atoms with E-state index >= 15 is 0 Å². The van der Waals surface area contributed by atoms with Crippen molar-refractivity contribution in [1.29, 1.82) is 0 Å².